The molecule has 0 aliphatic heterocycles. The summed E-state index contributed by atoms with van der Waals surface area (Å²) in [7, 11) is 0. The fraction of sp³-hybridized carbons (Fsp3) is 1.00. The Hall–Kier alpha value is 1.79. The Morgan fingerprint density at radius 2 is 0.870 bits per heavy atom. The van der Waals surface area contributed by atoms with Crippen LogP contribution in [0.1, 0.15) is 110 Å². The Bertz CT molecular complexity index is 221. The van der Waals surface area contributed by atoms with Gasteiger partial charge in [-0.25, -0.2) is 0 Å². The molecule has 3 heteroatoms. The van der Waals surface area contributed by atoms with Crippen molar-refractivity contribution >= 4 is 53.1 Å². The summed E-state index contributed by atoms with van der Waals surface area (Å²) >= 11 is 7.19. The molecule has 0 saturated heterocycles. The van der Waals surface area contributed by atoms with E-state index in [4.69, 9.17) is 0 Å². The van der Waals surface area contributed by atoms with E-state index in [1.54, 1.807) is 0 Å². The predicted octanol–water partition coefficient (Wildman–Crippen LogP) is 6.75. The standard InChI is InChI=1S/C20H39.3Li/c1-3-5-7-9-11-13-15-17-19-20-18-16-14-12-10-8-6-4-2;;;/h5,12H,1,3-4,6-11,13-20H2,2H3;;;. The number of hydrogen-bond acceptors (Lipinski definition) is 0. The van der Waals surface area contributed by atoms with E-state index in [0.29, 0.717) is 0 Å². The molecule has 0 bridgehead atoms. The molecule has 0 heterocycles. The first-order valence-corrected chi connectivity index (χ1v) is 11.2. The molecule has 0 aromatic rings. The molecule has 0 amide bonds. The summed E-state index contributed by atoms with van der Waals surface area (Å²) in [4.78, 5) is 0. The Labute approximate surface area is 176 Å². The van der Waals surface area contributed by atoms with Crippen molar-refractivity contribution in [1.29, 1.82) is 0 Å². The topological polar surface area (TPSA) is 0 Å². The van der Waals surface area contributed by atoms with Crippen LogP contribution in [0.3, 0.4) is 0 Å². The second-order valence-electron chi connectivity index (χ2n) is 8.25. The van der Waals surface area contributed by atoms with Gasteiger partial charge in [-0.2, -0.15) is 0 Å². The average molecular weight is 300 g/mol. The fourth-order valence-corrected chi connectivity index (χ4v) is 3.75. The molecule has 0 aliphatic rings. The maximum absolute atomic E-state index is 2.46. The van der Waals surface area contributed by atoms with Gasteiger partial charge in [-0.3, -0.25) is 0 Å². The number of hydrogen-bond donors (Lipinski definition) is 0. The SMILES string of the molecule is [Li][CH2]C[CH]([Li])CCCCCCCCCCC[CH]([Li])CCCCC. The minimum absolute atomic E-state index is 0.962. The van der Waals surface area contributed by atoms with Crippen molar-refractivity contribution in [1.82, 2.24) is 0 Å². The van der Waals surface area contributed by atoms with E-state index < -0.39 is 0 Å². The molecule has 2 atom stereocenters. The summed E-state index contributed by atoms with van der Waals surface area (Å²) in [5.74, 6) is 0. The molecule has 0 N–H and O–H groups in total. The Balaban J connectivity index is 3.13. The molecule has 0 radical (unpaired) electrons. The predicted molar refractivity (Wildman–Crippen MR) is 109 cm³/mol. The van der Waals surface area contributed by atoms with Gasteiger partial charge >= 0.3 is 177 Å². The van der Waals surface area contributed by atoms with E-state index in [1.165, 1.54) is 108 Å². The van der Waals surface area contributed by atoms with Gasteiger partial charge in [0.1, 0.15) is 0 Å². The van der Waals surface area contributed by atoms with Gasteiger partial charge in [0.25, 0.3) is 0 Å². The average Bonchev–Trinajstić information content (AvgIpc) is 2.53. The summed E-state index contributed by atoms with van der Waals surface area (Å²) in [5, 5.41) is 1.36. The molecule has 0 aromatic heterocycles. The van der Waals surface area contributed by atoms with Crippen LogP contribution in [-0.4, -0.2) is 53.1 Å². The van der Waals surface area contributed by atoms with Gasteiger partial charge in [-0.1, -0.05) is 0 Å². The third-order valence-corrected chi connectivity index (χ3v) is 5.48. The van der Waals surface area contributed by atoms with Crippen LogP contribution in [0.5, 0.6) is 0 Å². The van der Waals surface area contributed by atoms with Crippen molar-refractivity contribution in [3.8, 4) is 0 Å². The summed E-state index contributed by atoms with van der Waals surface area (Å²) in [5.41, 5.74) is 0. The second kappa shape index (κ2) is 20.1. The van der Waals surface area contributed by atoms with Crippen LogP contribution in [0.15, 0.2) is 0 Å². The molecule has 0 rings (SSSR count). The van der Waals surface area contributed by atoms with Crippen LogP contribution in [-0.2, 0) is 0 Å². The summed E-state index contributed by atoms with van der Waals surface area (Å²) in [6, 6.07) is 0. The maximum atomic E-state index is 2.46. The molecule has 0 aliphatic carbocycles. The van der Waals surface area contributed by atoms with Gasteiger partial charge in [0.15, 0.2) is 0 Å². The van der Waals surface area contributed by atoms with Crippen molar-refractivity contribution in [3.63, 3.8) is 0 Å². The molecule has 0 saturated carbocycles. The normalized spacial score (nSPS) is 14.2. The first-order chi connectivity index (χ1) is 11.2. The van der Waals surface area contributed by atoms with Crippen LogP contribution in [0, 0.1) is 0 Å². The fourth-order valence-electron chi connectivity index (χ4n) is 3.75. The molecule has 0 aromatic carbocycles. The van der Waals surface area contributed by atoms with E-state index in [-0.39, 0.29) is 0 Å². The summed E-state index contributed by atoms with van der Waals surface area (Å²) in [6.45, 7) is 2.30. The van der Waals surface area contributed by atoms with Crippen LogP contribution in [0.25, 0.3) is 0 Å². The van der Waals surface area contributed by atoms with E-state index in [9.17, 15) is 0 Å². The van der Waals surface area contributed by atoms with Gasteiger partial charge in [-0.05, 0) is 0 Å². The first-order valence-electron chi connectivity index (χ1n) is 11.2. The van der Waals surface area contributed by atoms with Crippen LogP contribution < -0.4 is 0 Å². The molecule has 23 heavy (non-hydrogen) atoms. The van der Waals surface area contributed by atoms with Crippen molar-refractivity contribution in [2.75, 3.05) is 0 Å². The van der Waals surface area contributed by atoms with Crippen molar-refractivity contribution < 1.29 is 0 Å². The van der Waals surface area contributed by atoms with E-state index in [0.717, 1.165) is 9.18 Å². The molecule has 2 unspecified atom stereocenters. The first kappa shape index (κ1) is 24.8. The monoisotopic (exact) mass is 300 g/mol. The van der Waals surface area contributed by atoms with Gasteiger partial charge < -0.3 is 0 Å². The third-order valence-electron chi connectivity index (χ3n) is 5.48. The summed E-state index contributed by atoms with van der Waals surface area (Å²) < 4.78 is 1.93. The Morgan fingerprint density at radius 3 is 1.26 bits per heavy atom. The molecular weight excluding hydrogens is 261 g/mol. The van der Waals surface area contributed by atoms with Crippen molar-refractivity contribution in [2.24, 2.45) is 0 Å². The zero-order chi connectivity index (χ0) is 17.2. The Morgan fingerprint density at radius 1 is 0.522 bits per heavy atom. The molecule has 0 nitrogen and oxygen atoms in total. The number of unbranched alkanes of at least 4 members (excludes halogenated alkanes) is 10. The van der Waals surface area contributed by atoms with Gasteiger partial charge in [-0.15, -0.1) is 0 Å². The number of rotatable bonds is 18. The minimum atomic E-state index is 0.962. The van der Waals surface area contributed by atoms with E-state index in [1.807, 2.05) is 0 Å². The molecule has 122 valence electrons. The van der Waals surface area contributed by atoms with Crippen LogP contribution in [0.4, 0.5) is 0 Å². The van der Waals surface area contributed by atoms with Gasteiger partial charge in [0, 0.05) is 0 Å². The molecule has 0 fully saturated rings. The zero-order valence-electron chi connectivity index (χ0n) is 17.2. The third kappa shape index (κ3) is 20.0. The zero-order valence-corrected chi connectivity index (χ0v) is 17.2. The van der Waals surface area contributed by atoms with Gasteiger partial charge in [0.2, 0.25) is 0 Å². The van der Waals surface area contributed by atoms with E-state index >= 15 is 0 Å². The summed E-state index contributed by atoms with van der Waals surface area (Å²) in [6.07, 6.45) is 23.4. The van der Waals surface area contributed by atoms with Crippen molar-refractivity contribution in [3.05, 3.63) is 0 Å². The second-order valence-corrected chi connectivity index (χ2v) is 8.25. The Kier molecular flexibility index (Phi) is 21.7. The quantitative estimate of drug-likeness (QED) is 0.194. The van der Waals surface area contributed by atoms with E-state index in [2.05, 4.69) is 60.1 Å². The van der Waals surface area contributed by atoms with Crippen LogP contribution >= 0.6 is 0 Å². The molecule has 0 spiro atoms. The van der Waals surface area contributed by atoms with Crippen molar-refractivity contribution in [2.45, 2.75) is 124 Å². The molecular formula is C20H39Li3. The van der Waals surface area contributed by atoms with Crippen LogP contribution in [0.2, 0.25) is 14.3 Å². The van der Waals surface area contributed by atoms with Gasteiger partial charge in [0.05, 0.1) is 0 Å².